The molecule has 0 amide bonds. The molecule has 0 spiro atoms. The van der Waals surface area contributed by atoms with Crippen LogP contribution in [-0.2, 0) is 0 Å². The molecule has 0 radical (unpaired) electrons. The van der Waals surface area contributed by atoms with Crippen LogP contribution >= 0.6 is 0 Å². The van der Waals surface area contributed by atoms with E-state index in [0.29, 0.717) is 4.48 Å². The number of benzene rings is 3. The maximum atomic E-state index is 9.75. The highest BCUT2D eigenvalue weighted by atomic mass is 19.5. The molecule has 0 bridgehead atoms. The Morgan fingerprint density at radius 1 is 0.500 bits per heavy atom. The van der Waals surface area contributed by atoms with Crippen molar-refractivity contribution in [1.29, 1.82) is 0 Å². The number of para-hydroxylation sites is 3. The lowest BCUT2D eigenvalue weighted by Crippen LogP contribution is -2.33. The van der Waals surface area contributed by atoms with E-state index >= 15 is 0 Å². The van der Waals surface area contributed by atoms with Crippen LogP contribution in [0.5, 0.6) is 0 Å². The molecule has 4 aromatic rings. The van der Waals surface area contributed by atoms with Crippen molar-refractivity contribution in [3.63, 3.8) is 0 Å². The molecular weight excluding hydrogens is 391 g/mol. The van der Waals surface area contributed by atoms with Gasteiger partial charge in [0.2, 0.25) is 0 Å². The van der Waals surface area contributed by atoms with E-state index < -0.39 is 7.25 Å². The van der Waals surface area contributed by atoms with Gasteiger partial charge in [0.1, 0.15) is 17.1 Å². The van der Waals surface area contributed by atoms with Crippen LogP contribution < -0.4 is 4.48 Å². The highest BCUT2D eigenvalue weighted by molar-refractivity contribution is 6.50. The minimum absolute atomic E-state index is 0.496. The lowest BCUT2D eigenvalue weighted by Gasteiger charge is -2.36. The van der Waals surface area contributed by atoms with E-state index in [0.717, 1.165) is 5.69 Å². The quantitative estimate of drug-likeness (QED) is 0.191. The molecule has 0 fully saturated rings. The molecule has 0 aliphatic rings. The number of aromatic nitrogens is 1. The Bertz CT molecular complexity index is 859. The third-order valence-electron chi connectivity index (χ3n) is 4.46. The molecule has 152 valence electrons. The van der Waals surface area contributed by atoms with Crippen LogP contribution in [0.1, 0.15) is 0 Å². The van der Waals surface area contributed by atoms with Crippen LogP contribution in [0.25, 0.3) is 0 Å². The molecule has 0 aliphatic heterocycles. The minimum Gasteiger partial charge on any atom is -0.418 e. The summed E-state index contributed by atoms with van der Waals surface area (Å²) in [5.41, 5.74) is 4.62. The number of halogens is 4. The van der Waals surface area contributed by atoms with Gasteiger partial charge in [0.05, 0.1) is 6.20 Å². The third kappa shape index (κ3) is 4.93. The van der Waals surface area contributed by atoms with Gasteiger partial charge in [-0.1, -0.05) is 54.6 Å². The number of hydrogen-bond acceptors (Lipinski definition) is 1. The summed E-state index contributed by atoms with van der Waals surface area (Å²) in [7, 11) is -6.00. The van der Waals surface area contributed by atoms with Crippen molar-refractivity contribution in [1.82, 2.24) is 9.47 Å². The molecule has 0 unspecified atom stereocenters. The maximum Gasteiger partial charge on any atom is 0.673 e. The summed E-state index contributed by atoms with van der Waals surface area (Å²) in [6, 6.07) is 35.9. The molecule has 2 nitrogen and oxygen atoms in total. The summed E-state index contributed by atoms with van der Waals surface area (Å²) in [5, 5.41) is 0. The zero-order chi connectivity index (χ0) is 21.5. The summed E-state index contributed by atoms with van der Waals surface area (Å²) in [4.78, 5) is 4.41. The average molecular weight is 410 g/mol. The van der Waals surface area contributed by atoms with E-state index in [1.165, 1.54) is 17.1 Å². The Morgan fingerprint density at radius 2 is 0.833 bits per heavy atom. The van der Waals surface area contributed by atoms with Crippen LogP contribution in [0.15, 0.2) is 116 Å². The number of rotatable bonds is 4. The normalized spacial score (nSPS) is 11.3. The van der Waals surface area contributed by atoms with E-state index in [4.69, 9.17) is 0 Å². The molecule has 1 heterocycles. The van der Waals surface area contributed by atoms with Crippen LogP contribution in [0, 0.1) is 0 Å². The minimum atomic E-state index is -6.00. The highest BCUT2D eigenvalue weighted by Gasteiger charge is 2.38. The summed E-state index contributed by atoms with van der Waals surface area (Å²) in [6.07, 6.45) is 3.77. The summed E-state index contributed by atoms with van der Waals surface area (Å²) in [6.45, 7) is 0. The smallest absolute Gasteiger partial charge is 0.418 e. The lowest BCUT2D eigenvalue weighted by molar-refractivity contribution is 0.368. The monoisotopic (exact) mass is 410 g/mol. The van der Waals surface area contributed by atoms with Gasteiger partial charge in [-0.05, 0) is 6.07 Å². The van der Waals surface area contributed by atoms with E-state index in [1.807, 2.05) is 18.5 Å². The molecule has 1 aromatic heterocycles. The van der Waals surface area contributed by atoms with Crippen molar-refractivity contribution < 1.29 is 17.3 Å². The topological polar surface area (TPSA) is 12.9 Å². The molecule has 7 heteroatoms. The van der Waals surface area contributed by atoms with E-state index in [9.17, 15) is 17.3 Å². The predicted molar refractivity (Wildman–Crippen MR) is 115 cm³/mol. The standard InChI is InChI=1S/C23H19N2.BF4/c1-4-11-20(12-5-1)25(21-13-6-2-7-14-21,22-15-8-3-9-16-22)23-17-10-18-24-19-23;2-1(3,4)5/h1-19H;/q+1;-1. The van der Waals surface area contributed by atoms with Gasteiger partial charge in [-0.2, -0.15) is 4.48 Å². The van der Waals surface area contributed by atoms with Crippen molar-refractivity contribution in [2.24, 2.45) is 0 Å². The third-order valence-corrected chi connectivity index (χ3v) is 4.46. The Labute approximate surface area is 172 Å². The zero-order valence-corrected chi connectivity index (χ0v) is 16.0. The van der Waals surface area contributed by atoms with Crippen LogP contribution in [0.2, 0.25) is 0 Å². The van der Waals surface area contributed by atoms with Gasteiger partial charge in [-0.3, -0.25) is 4.98 Å². The second kappa shape index (κ2) is 9.37. The number of quaternary nitrogens is 1. The van der Waals surface area contributed by atoms with Gasteiger partial charge in [0.25, 0.3) is 0 Å². The largest absolute Gasteiger partial charge is 0.673 e. The van der Waals surface area contributed by atoms with Crippen molar-refractivity contribution in [2.45, 2.75) is 0 Å². The SMILES string of the molecule is F[B-](F)(F)F.c1ccc([N+](c2ccccc2)(c2ccccc2)c2cccnc2)cc1. The van der Waals surface area contributed by atoms with Crippen molar-refractivity contribution >= 4 is 30.0 Å². The van der Waals surface area contributed by atoms with Crippen molar-refractivity contribution in [3.8, 4) is 0 Å². The fourth-order valence-electron chi connectivity index (χ4n) is 3.40. The fraction of sp³-hybridized carbons (Fsp3) is 0. The van der Waals surface area contributed by atoms with E-state index in [1.54, 1.807) is 0 Å². The Morgan fingerprint density at radius 3 is 1.13 bits per heavy atom. The number of nitrogens with zero attached hydrogens (tertiary/aromatic N) is 2. The summed E-state index contributed by atoms with van der Waals surface area (Å²) < 4.78 is 39.5. The highest BCUT2D eigenvalue weighted by Crippen LogP contribution is 2.50. The molecule has 30 heavy (non-hydrogen) atoms. The predicted octanol–water partition coefficient (Wildman–Crippen LogP) is 7.68. The molecule has 3 aromatic carbocycles. The van der Waals surface area contributed by atoms with E-state index in [-0.39, 0.29) is 0 Å². The second-order valence-electron chi connectivity index (χ2n) is 6.38. The second-order valence-corrected chi connectivity index (χ2v) is 6.38. The molecule has 0 saturated carbocycles. The first kappa shape index (κ1) is 21.3. The molecule has 0 atom stereocenters. The van der Waals surface area contributed by atoms with Crippen LogP contribution in [0.4, 0.5) is 40.0 Å². The Hall–Kier alpha value is -3.45. The molecule has 0 saturated heterocycles. The summed E-state index contributed by atoms with van der Waals surface area (Å²) in [5.74, 6) is 0. The van der Waals surface area contributed by atoms with Gasteiger partial charge >= 0.3 is 7.25 Å². The Kier molecular flexibility index (Phi) is 6.64. The fourth-order valence-corrected chi connectivity index (χ4v) is 3.40. The van der Waals surface area contributed by atoms with Crippen molar-refractivity contribution in [2.75, 3.05) is 0 Å². The summed E-state index contributed by atoms with van der Waals surface area (Å²) >= 11 is 0. The molecular formula is C23H19BF4N2. The lowest BCUT2D eigenvalue weighted by atomic mass is 10.1. The molecule has 4 rings (SSSR count). The van der Waals surface area contributed by atoms with Crippen molar-refractivity contribution in [3.05, 3.63) is 116 Å². The first-order chi connectivity index (χ1) is 14.4. The first-order valence-electron chi connectivity index (χ1n) is 9.26. The van der Waals surface area contributed by atoms with Gasteiger partial charge in [0, 0.05) is 48.7 Å². The number of pyridine rings is 1. The van der Waals surface area contributed by atoms with Gasteiger partial charge < -0.3 is 17.3 Å². The molecule has 0 N–H and O–H groups in total. The van der Waals surface area contributed by atoms with Gasteiger partial charge in [0.15, 0.2) is 5.69 Å². The van der Waals surface area contributed by atoms with Crippen LogP contribution in [0.3, 0.4) is 0 Å². The van der Waals surface area contributed by atoms with Crippen LogP contribution in [-0.4, -0.2) is 12.2 Å². The zero-order valence-electron chi connectivity index (χ0n) is 16.0. The average Bonchev–Trinajstić information content (AvgIpc) is 2.76. The first-order valence-corrected chi connectivity index (χ1v) is 9.26. The van der Waals surface area contributed by atoms with Gasteiger partial charge in [-0.15, -0.1) is 0 Å². The van der Waals surface area contributed by atoms with Gasteiger partial charge in [-0.25, -0.2) is 0 Å². The number of hydrogen-bond donors (Lipinski definition) is 0. The Balaban J connectivity index is 0.000000461. The molecule has 0 aliphatic carbocycles. The van der Waals surface area contributed by atoms with E-state index in [2.05, 4.69) is 102 Å². The maximum absolute atomic E-state index is 9.75.